The van der Waals surface area contributed by atoms with E-state index in [4.69, 9.17) is 16.3 Å². The Labute approximate surface area is 224 Å². The third kappa shape index (κ3) is 6.72. The lowest BCUT2D eigenvalue weighted by molar-refractivity contribution is -0.137. The van der Waals surface area contributed by atoms with Crippen molar-refractivity contribution in [3.8, 4) is 5.75 Å². The number of carboxylic acid groups (broad SMARTS) is 1. The minimum Gasteiger partial charge on any atom is -0.487 e. The maximum Gasteiger partial charge on any atom is 0.323 e. The number of carboxylic acids is 1. The number of amides is 1. The molecule has 0 aromatic heterocycles. The van der Waals surface area contributed by atoms with Crippen molar-refractivity contribution in [2.75, 3.05) is 6.54 Å². The molecular weight excluding hydrogens is 486 g/mol. The summed E-state index contributed by atoms with van der Waals surface area (Å²) in [6, 6.07) is 21.2. The number of halogens is 1. The molecule has 194 valence electrons. The minimum atomic E-state index is -1.04. The van der Waals surface area contributed by atoms with Crippen LogP contribution in [0, 0.1) is 0 Å². The number of fused-ring (bicyclic) bond motifs is 1. The lowest BCUT2D eigenvalue weighted by atomic mass is 9.86. The molecule has 37 heavy (non-hydrogen) atoms. The lowest BCUT2D eigenvalue weighted by Crippen LogP contribution is -2.39. The molecule has 0 radical (unpaired) electrons. The van der Waals surface area contributed by atoms with E-state index >= 15 is 0 Å². The van der Waals surface area contributed by atoms with E-state index < -0.39 is 5.97 Å². The molecule has 1 aliphatic rings. The molecule has 3 aromatic rings. The van der Waals surface area contributed by atoms with Gasteiger partial charge in [0.1, 0.15) is 17.9 Å². The van der Waals surface area contributed by atoms with Crippen LogP contribution in [0.5, 0.6) is 5.75 Å². The summed E-state index contributed by atoms with van der Waals surface area (Å²) in [6.07, 6.45) is 2.29. The van der Waals surface area contributed by atoms with Gasteiger partial charge in [0.05, 0.1) is 0 Å². The van der Waals surface area contributed by atoms with Crippen LogP contribution in [0.15, 0.2) is 66.7 Å². The molecule has 5 nitrogen and oxygen atoms in total. The van der Waals surface area contributed by atoms with E-state index in [9.17, 15) is 14.7 Å². The summed E-state index contributed by atoms with van der Waals surface area (Å²) in [4.78, 5) is 26.4. The predicted molar refractivity (Wildman–Crippen MR) is 146 cm³/mol. The van der Waals surface area contributed by atoms with E-state index in [2.05, 4.69) is 27.7 Å². The van der Waals surface area contributed by atoms with Crippen molar-refractivity contribution in [1.82, 2.24) is 4.90 Å². The smallest absolute Gasteiger partial charge is 0.323 e. The molecule has 0 saturated heterocycles. The molecule has 0 fully saturated rings. The van der Waals surface area contributed by atoms with Crippen molar-refractivity contribution in [1.29, 1.82) is 0 Å². The Hall–Kier alpha value is -3.31. The van der Waals surface area contributed by atoms with Gasteiger partial charge in [-0.1, -0.05) is 68.8 Å². The van der Waals surface area contributed by atoms with E-state index in [0.29, 0.717) is 10.6 Å². The van der Waals surface area contributed by atoms with E-state index in [1.54, 1.807) is 6.07 Å². The van der Waals surface area contributed by atoms with Gasteiger partial charge in [-0.2, -0.15) is 0 Å². The number of rotatable bonds is 7. The quantitative estimate of drug-likeness (QED) is 0.377. The zero-order chi connectivity index (χ0) is 26.8. The minimum absolute atomic E-state index is 0.0184. The molecule has 4 rings (SSSR count). The monoisotopic (exact) mass is 519 g/mol. The van der Waals surface area contributed by atoms with Crippen LogP contribution in [0.25, 0.3) is 0 Å². The Morgan fingerprint density at radius 3 is 2.41 bits per heavy atom. The van der Waals surface area contributed by atoms with E-state index in [1.807, 2.05) is 60.7 Å². The molecule has 0 unspecified atom stereocenters. The van der Waals surface area contributed by atoms with Gasteiger partial charge in [-0.05, 0) is 77.8 Å². The van der Waals surface area contributed by atoms with Crippen molar-refractivity contribution in [2.24, 2.45) is 0 Å². The first-order valence-corrected chi connectivity index (χ1v) is 13.0. The molecule has 1 heterocycles. The third-order valence-electron chi connectivity index (χ3n) is 6.86. The van der Waals surface area contributed by atoms with Crippen LogP contribution < -0.4 is 4.74 Å². The van der Waals surface area contributed by atoms with Crippen LogP contribution in [0.4, 0.5) is 0 Å². The highest BCUT2D eigenvalue weighted by atomic mass is 35.5. The van der Waals surface area contributed by atoms with E-state index in [-0.39, 0.29) is 30.0 Å². The molecule has 0 saturated carbocycles. The second-order valence-corrected chi connectivity index (χ2v) is 11.6. The Kier molecular flexibility index (Phi) is 7.65. The number of nitrogens with zero attached hydrogens (tertiary/aromatic N) is 1. The molecular formula is C31H34ClNO4. The first-order chi connectivity index (χ1) is 17.4. The number of hydrogen-bond acceptors (Lipinski definition) is 3. The molecule has 6 heteroatoms. The zero-order valence-corrected chi connectivity index (χ0v) is 22.6. The maximum absolute atomic E-state index is 13.4. The molecule has 0 spiro atoms. The molecule has 0 aliphatic carbocycles. The number of carbonyl (C=O) groups is 2. The van der Waals surface area contributed by atoms with Crippen LogP contribution in [0.1, 0.15) is 66.7 Å². The van der Waals surface area contributed by atoms with Gasteiger partial charge in [-0.25, -0.2) is 0 Å². The van der Waals surface area contributed by atoms with Gasteiger partial charge in [0.2, 0.25) is 0 Å². The highest BCUT2D eigenvalue weighted by Gasteiger charge is 2.32. The summed E-state index contributed by atoms with van der Waals surface area (Å²) in [5, 5.41) is 10.2. The van der Waals surface area contributed by atoms with Gasteiger partial charge in [0, 0.05) is 23.6 Å². The average Bonchev–Trinajstić information content (AvgIpc) is 2.82. The van der Waals surface area contributed by atoms with Crippen molar-refractivity contribution >= 4 is 23.5 Å². The van der Waals surface area contributed by atoms with E-state index in [0.717, 1.165) is 41.7 Å². The summed E-state index contributed by atoms with van der Waals surface area (Å²) in [7, 11) is 0. The van der Waals surface area contributed by atoms with Gasteiger partial charge in [0.25, 0.3) is 5.91 Å². The number of aryl methyl sites for hydroxylation is 1. The topological polar surface area (TPSA) is 66.8 Å². The van der Waals surface area contributed by atoms with Crippen LogP contribution >= 0.6 is 11.6 Å². The number of carbonyl (C=O) groups excluding carboxylic acids is 1. The molecule has 1 aliphatic heterocycles. The fourth-order valence-electron chi connectivity index (χ4n) is 4.80. The van der Waals surface area contributed by atoms with Crippen molar-refractivity contribution in [3.05, 3.63) is 99.6 Å². The van der Waals surface area contributed by atoms with Crippen LogP contribution in [0.3, 0.4) is 0 Å². The number of aliphatic carboxylic acids is 1. The highest BCUT2D eigenvalue weighted by Crippen LogP contribution is 2.36. The Morgan fingerprint density at radius 2 is 1.76 bits per heavy atom. The Bertz CT molecular complexity index is 1300. The fourth-order valence-corrected chi connectivity index (χ4v) is 5.01. The SMILES string of the molecule is CC(C)(C)c1ccc(CN(CC(=O)O)C(=O)c2ccc3c(c2)CC[C@@](C)(Cc2cccc(Cl)c2)O3)cc1. The van der Waals surface area contributed by atoms with Crippen molar-refractivity contribution in [2.45, 2.75) is 64.5 Å². The lowest BCUT2D eigenvalue weighted by Gasteiger charge is -2.36. The highest BCUT2D eigenvalue weighted by molar-refractivity contribution is 6.30. The molecule has 0 bridgehead atoms. The van der Waals surface area contributed by atoms with Crippen LogP contribution in [-0.2, 0) is 29.6 Å². The summed E-state index contributed by atoms with van der Waals surface area (Å²) in [5.41, 5.74) is 4.25. The number of benzene rings is 3. The number of hydrogen-bond donors (Lipinski definition) is 1. The molecule has 3 aromatic carbocycles. The Balaban J connectivity index is 1.50. The first kappa shape index (κ1) is 26.7. The largest absolute Gasteiger partial charge is 0.487 e. The summed E-state index contributed by atoms with van der Waals surface area (Å²) < 4.78 is 6.40. The molecule has 1 atom stereocenters. The molecule has 1 N–H and O–H groups in total. The normalized spacial score (nSPS) is 17.0. The van der Waals surface area contributed by atoms with E-state index in [1.165, 1.54) is 10.5 Å². The van der Waals surface area contributed by atoms with Gasteiger partial charge >= 0.3 is 5.97 Å². The zero-order valence-electron chi connectivity index (χ0n) is 21.9. The fraction of sp³-hybridized carbons (Fsp3) is 0.355. The maximum atomic E-state index is 13.4. The van der Waals surface area contributed by atoms with Crippen LogP contribution in [-0.4, -0.2) is 34.0 Å². The average molecular weight is 520 g/mol. The Morgan fingerprint density at radius 1 is 1.03 bits per heavy atom. The van der Waals surface area contributed by atoms with Gasteiger partial charge in [-0.3, -0.25) is 9.59 Å². The van der Waals surface area contributed by atoms with Crippen molar-refractivity contribution < 1.29 is 19.4 Å². The summed E-state index contributed by atoms with van der Waals surface area (Å²) in [5.74, 6) is -0.593. The van der Waals surface area contributed by atoms with Gasteiger partial charge < -0.3 is 14.7 Å². The van der Waals surface area contributed by atoms with Crippen LogP contribution in [0.2, 0.25) is 5.02 Å². The third-order valence-corrected chi connectivity index (χ3v) is 7.10. The second-order valence-electron chi connectivity index (χ2n) is 11.2. The first-order valence-electron chi connectivity index (χ1n) is 12.6. The van der Waals surface area contributed by atoms with Gasteiger partial charge in [0.15, 0.2) is 0 Å². The van der Waals surface area contributed by atoms with Crippen molar-refractivity contribution in [3.63, 3.8) is 0 Å². The molecule has 1 amide bonds. The number of ether oxygens (including phenoxy) is 1. The standard InChI is InChI=1S/C31H34ClNO4/c1-30(2,3)25-11-8-21(9-12-25)19-33(20-28(34)35)29(36)24-10-13-27-23(17-24)14-15-31(4,37-27)18-22-6-5-7-26(32)16-22/h5-13,16-17H,14-15,18-20H2,1-4H3,(H,34,35)/t31-/m0/s1. The summed E-state index contributed by atoms with van der Waals surface area (Å²) >= 11 is 6.16. The second kappa shape index (κ2) is 10.6. The van der Waals surface area contributed by atoms with Gasteiger partial charge in [-0.15, -0.1) is 0 Å². The summed E-state index contributed by atoms with van der Waals surface area (Å²) in [6.45, 7) is 8.37. The predicted octanol–water partition coefficient (Wildman–Crippen LogP) is 6.69.